The van der Waals surface area contributed by atoms with Crippen molar-refractivity contribution < 1.29 is 9.15 Å². The van der Waals surface area contributed by atoms with E-state index >= 15 is 0 Å². The quantitative estimate of drug-likeness (QED) is 0.804. The molecule has 0 fully saturated rings. The Morgan fingerprint density at radius 3 is 2.37 bits per heavy atom. The van der Waals surface area contributed by atoms with E-state index in [0.717, 1.165) is 22.5 Å². The van der Waals surface area contributed by atoms with E-state index in [4.69, 9.17) is 9.15 Å². The second-order valence-electron chi connectivity index (χ2n) is 4.62. The third-order valence-electron chi connectivity index (χ3n) is 3.45. The number of allylic oxidation sites excluding steroid dienone is 4. The van der Waals surface area contributed by atoms with Gasteiger partial charge in [-0.2, -0.15) is 0 Å². The maximum absolute atomic E-state index is 5.91. The molecule has 1 aliphatic rings. The summed E-state index contributed by atoms with van der Waals surface area (Å²) in [6.45, 7) is 2.09. The zero-order valence-electron chi connectivity index (χ0n) is 11.1. The number of benzene rings is 1. The Balaban J connectivity index is 2.14. The van der Waals surface area contributed by atoms with Crippen LogP contribution >= 0.6 is 0 Å². The van der Waals surface area contributed by atoms with E-state index in [1.807, 2.05) is 30.4 Å². The minimum absolute atomic E-state index is 0.214. The molecule has 0 unspecified atom stereocenters. The van der Waals surface area contributed by atoms with Gasteiger partial charge in [-0.1, -0.05) is 54.6 Å². The molecule has 0 bridgehead atoms. The maximum Gasteiger partial charge on any atom is 0.292 e. The van der Waals surface area contributed by atoms with Gasteiger partial charge in [-0.3, -0.25) is 0 Å². The highest BCUT2D eigenvalue weighted by molar-refractivity contribution is 5.73. The van der Waals surface area contributed by atoms with Crippen molar-refractivity contribution in [2.45, 2.75) is 12.8 Å². The van der Waals surface area contributed by atoms with Gasteiger partial charge in [0.1, 0.15) is 5.76 Å². The number of hydrogen-bond acceptors (Lipinski definition) is 2. The van der Waals surface area contributed by atoms with Crippen LogP contribution in [0.15, 0.2) is 59.1 Å². The molecule has 3 rings (SSSR count). The van der Waals surface area contributed by atoms with Crippen molar-refractivity contribution in [2.75, 3.05) is 7.11 Å². The largest absolute Gasteiger partial charge is 0.468 e. The number of furan rings is 1. The first-order valence-electron chi connectivity index (χ1n) is 6.39. The average Bonchev–Trinajstić information content (AvgIpc) is 3.07. The topological polar surface area (TPSA) is 22.4 Å². The van der Waals surface area contributed by atoms with Gasteiger partial charge in [-0.15, -0.1) is 0 Å². The first-order valence-corrected chi connectivity index (χ1v) is 6.39. The molecule has 1 aromatic carbocycles. The Bertz CT molecular complexity index is 621. The Morgan fingerprint density at radius 2 is 1.74 bits per heavy atom. The van der Waals surface area contributed by atoms with Gasteiger partial charge in [0.25, 0.3) is 5.95 Å². The summed E-state index contributed by atoms with van der Waals surface area (Å²) in [5, 5.41) is 0. The lowest BCUT2D eigenvalue weighted by molar-refractivity contribution is 0.295. The molecular formula is C17H16O2. The molecule has 96 valence electrons. The first-order chi connectivity index (χ1) is 9.31. The number of ether oxygens (including phenoxy) is 1. The van der Waals surface area contributed by atoms with Crippen LogP contribution in [-0.4, -0.2) is 7.11 Å². The van der Waals surface area contributed by atoms with E-state index in [2.05, 4.69) is 31.2 Å². The van der Waals surface area contributed by atoms with Crippen LogP contribution in [-0.2, 0) is 0 Å². The fourth-order valence-corrected chi connectivity index (χ4v) is 2.51. The SMILES string of the molecule is COc1oc(C2C=CC=C2)c(C)c1-c1ccccc1. The predicted octanol–water partition coefficient (Wildman–Crippen LogP) is 4.47. The lowest BCUT2D eigenvalue weighted by atomic mass is 9.99. The van der Waals surface area contributed by atoms with Gasteiger partial charge in [0, 0.05) is 5.56 Å². The minimum Gasteiger partial charge on any atom is -0.468 e. The zero-order chi connectivity index (χ0) is 13.2. The van der Waals surface area contributed by atoms with E-state index in [9.17, 15) is 0 Å². The Labute approximate surface area is 113 Å². The molecule has 2 aromatic rings. The Morgan fingerprint density at radius 1 is 1.05 bits per heavy atom. The number of rotatable bonds is 3. The van der Waals surface area contributed by atoms with Crippen molar-refractivity contribution in [3.63, 3.8) is 0 Å². The fourth-order valence-electron chi connectivity index (χ4n) is 2.51. The molecule has 1 aromatic heterocycles. The lowest BCUT2D eigenvalue weighted by Crippen LogP contribution is -1.89. The summed E-state index contributed by atoms with van der Waals surface area (Å²) >= 11 is 0. The molecule has 0 atom stereocenters. The van der Waals surface area contributed by atoms with Crippen LogP contribution in [0.5, 0.6) is 5.95 Å². The van der Waals surface area contributed by atoms with E-state index in [1.165, 1.54) is 0 Å². The molecule has 19 heavy (non-hydrogen) atoms. The third kappa shape index (κ3) is 1.99. The van der Waals surface area contributed by atoms with Gasteiger partial charge in [0.15, 0.2) is 0 Å². The van der Waals surface area contributed by atoms with Gasteiger partial charge >= 0.3 is 0 Å². The second kappa shape index (κ2) is 4.81. The Hall–Kier alpha value is -2.22. The van der Waals surface area contributed by atoms with Crippen molar-refractivity contribution in [1.82, 2.24) is 0 Å². The monoisotopic (exact) mass is 252 g/mol. The maximum atomic E-state index is 5.91. The van der Waals surface area contributed by atoms with Crippen LogP contribution in [0.1, 0.15) is 17.2 Å². The van der Waals surface area contributed by atoms with Crippen LogP contribution in [0, 0.1) is 6.92 Å². The van der Waals surface area contributed by atoms with Crippen LogP contribution in [0.3, 0.4) is 0 Å². The van der Waals surface area contributed by atoms with Crippen molar-refractivity contribution in [1.29, 1.82) is 0 Å². The molecule has 0 aliphatic heterocycles. The molecule has 0 radical (unpaired) electrons. The molecule has 0 N–H and O–H groups in total. The van der Waals surface area contributed by atoms with Crippen LogP contribution in [0.4, 0.5) is 0 Å². The predicted molar refractivity (Wildman–Crippen MR) is 76.5 cm³/mol. The molecule has 0 spiro atoms. The smallest absolute Gasteiger partial charge is 0.292 e. The van der Waals surface area contributed by atoms with Crippen molar-refractivity contribution in [3.8, 4) is 17.1 Å². The average molecular weight is 252 g/mol. The summed E-state index contributed by atoms with van der Waals surface area (Å²) in [5.74, 6) is 1.76. The summed E-state index contributed by atoms with van der Waals surface area (Å²) in [4.78, 5) is 0. The number of methoxy groups -OCH3 is 1. The molecule has 0 saturated carbocycles. The van der Waals surface area contributed by atoms with Crippen LogP contribution in [0.2, 0.25) is 0 Å². The van der Waals surface area contributed by atoms with E-state index in [1.54, 1.807) is 7.11 Å². The second-order valence-corrected chi connectivity index (χ2v) is 4.62. The minimum atomic E-state index is 0.214. The van der Waals surface area contributed by atoms with Crippen molar-refractivity contribution >= 4 is 0 Å². The molecule has 0 saturated heterocycles. The normalized spacial score (nSPS) is 14.2. The van der Waals surface area contributed by atoms with E-state index < -0.39 is 0 Å². The van der Waals surface area contributed by atoms with Gasteiger partial charge < -0.3 is 9.15 Å². The summed E-state index contributed by atoms with van der Waals surface area (Å²) in [5.41, 5.74) is 3.31. The first kappa shape index (κ1) is 11.8. The summed E-state index contributed by atoms with van der Waals surface area (Å²) in [6, 6.07) is 10.2. The van der Waals surface area contributed by atoms with Gasteiger partial charge in [0.05, 0.1) is 18.6 Å². The van der Waals surface area contributed by atoms with Crippen LogP contribution < -0.4 is 4.74 Å². The third-order valence-corrected chi connectivity index (χ3v) is 3.45. The molecule has 2 heteroatoms. The highest BCUT2D eigenvalue weighted by atomic mass is 16.6. The molecule has 1 heterocycles. The molecule has 0 amide bonds. The van der Waals surface area contributed by atoms with Crippen LogP contribution in [0.25, 0.3) is 11.1 Å². The summed E-state index contributed by atoms with van der Waals surface area (Å²) in [7, 11) is 1.65. The lowest BCUT2D eigenvalue weighted by Gasteiger charge is -2.03. The standard InChI is InChI=1S/C17H16O2/c1-12-15(13-8-4-3-5-9-13)17(18-2)19-16(12)14-10-6-7-11-14/h3-11,14H,1-2H3. The van der Waals surface area contributed by atoms with Gasteiger partial charge in [0.2, 0.25) is 0 Å². The highest BCUT2D eigenvalue weighted by Crippen LogP contribution is 2.41. The fraction of sp³-hybridized carbons (Fsp3) is 0.176. The summed E-state index contributed by atoms with van der Waals surface area (Å²) < 4.78 is 11.3. The van der Waals surface area contributed by atoms with E-state index in [0.29, 0.717) is 5.95 Å². The molecular weight excluding hydrogens is 236 g/mol. The number of hydrogen-bond donors (Lipinski definition) is 0. The summed E-state index contributed by atoms with van der Waals surface area (Å²) in [6.07, 6.45) is 8.34. The highest BCUT2D eigenvalue weighted by Gasteiger charge is 2.23. The zero-order valence-corrected chi connectivity index (χ0v) is 11.1. The van der Waals surface area contributed by atoms with Crippen molar-refractivity contribution in [3.05, 3.63) is 66.0 Å². The van der Waals surface area contributed by atoms with Crippen molar-refractivity contribution in [2.24, 2.45) is 0 Å². The van der Waals surface area contributed by atoms with Gasteiger partial charge in [-0.25, -0.2) is 0 Å². The molecule has 2 nitrogen and oxygen atoms in total. The van der Waals surface area contributed by atoms with E-state index in [-0.39, 0.29) is 5.92 Å². The Kier molecular flexibility index (Phi) is 3.00. The molecule has 1 aliphatic carbocycles. The van der Waals surface area contributed by atoms with Gasteiger partial charge in [-0.05, 0) is 12.5 Å².